The second-order valence-electron chi connectivity index (χ2n) is 3.92. The molecule has 0 amide bonds. The number of guanidine groups is 1. The number of aromatic nitrogens is 1. The van der Waals surface area contributed by atoms with Crippen LogP contribution in [0.15, 0.2) is 4.99 Å². The second-order valence-corrected chi connectivity index (χ2v) is 5.21. The Morgan fingerprint density at radius 3 is 2.53 bits per heavy atom. The maximum atomic E-state index is 4.51. The highest BCUT2D eigenvalue weighted by Gasteiger charge is 2.03. The lowest BCUT2D eigenvalue weighted by atomic mass is 10.4. The molecule has 1 aromatic rings. The highest BCUT2D eigenvalue weighted by molar-refractivity contribution is 7.11. The highest BCUT2D eigenvalue weighted by atomic mass is 32.1. The summed E-state index contributed by atoms with van der Waals surface area (Å²) in [6.07, 6.45) is 2.05. The Morgan fingerprint density at radius 2 is 2.00 bits per heavy atom. The van der Waals surface area contributed by atoms with Crippen LogP contribution < -0.4 is 10.6 Å². The number of hydrogen-bond donors (Lipinski definition) is 2. The summed E-state index contributed by atoms with van der Waals surface area (Å²) in [5.41, 5.74) is 1.15. The number of nitrogens with one attached hydrogen (secondary N) is 2. The number of thiazole rings is 1. The molecule has 1 rings (SSSR count). The Labute approximate surface area is 108 Å². The second kappa shape index (κ2) is 7.27. The van der Waals surface area contributed by atoms with Crippen LogP contribution in [0.4, 0.5) is 0 Å². The average Bonchev–Trinajstić information content (AvgIpc) is 2.63. The van der Waals surface area contributed by atoms with Gasteiger partial charge in [-0.2, -0.15) is 0 Å². The maximum Gasteiger partial charge on any atom is 0.190 e. The van der Waals surface area contributed by atoms with E-state index in [0.29, 0.717) is 0 Å². The topological polar surface area (TPSA) is 49.3 Å². The van der Waals surface area contributed by atoms with Crippen molar-refractivity contribution in [1.82, 2.24) is 15.6 Å². The lowest BCUT2D eigenvalue weighted by molar-refractivity contribution is 0.771. The molecule has 4 nitrogen and oxygen atoms in total. The first-order chi connectivity index (χ1) is 8.17. The van der Waals surface area contributed by atoms with E-state index >= 15 is 0 Å². The number of aryl methyl sites for hydroxylation is 2. The van der Waals surface area contributed by atoms with Gasteiger partial charge in [-0.3, -0.25) is 4.99 Å². The molecule has 0 saturated carbocycles. The minimum Gasteiger partial charge on any atom is -0.356 e. The maximum absolute atomic E-state index is 4.51. The molecule has 1 heterocycles. The largest absolute Gasteiger partial charge is 0.356 e. The molecule has 0 bridgehead atoms. The van der Waals surface area contributed by atoms with Gasteiger partial charge in [0.2, 0.25) is 0 Å². The predicted octanol–water partition coefficient (Wildman–Crippen LogP) is 1.88. The van der Waals surface area contributed by atoms with E-state index in [1.807, 2.05) is 0 Å². The number of rotatable bonds is 5. The smallest absolute Gasteiger partial charge is 0.190 e. The Bertz CT molecular complexity index is 351. The summed E-state index contributed by atoms with van der Waals surface area (Å²) in [5, 5.41) is 7.72. The molecule has 96 valence electrons. The molecule has 0 aliphatic carbocycles. The van der Waals surface area contributed by atoms with E-state index in [2.05, 4.69) is 41.4 Å². The first kappa shape index (κ1) is 14.0. The van der Waals surface area contributed by atoms with E-state index in [4.69, 9.17) is 0 Å². The summed E-state index contributed by atoms with van der Waals surface area (Å²) in [6, 6.07) is 0. The van der Waals surface area contributed by atoms with Gasteiger partial charge in [-0.25, -0.2) is 4.98 Å². The molecule has 0 aromatic carbocycles. The third-order valence-corrected chi connectivity index (χ3v) is 3.60. The van der Waals surface area contributed by atoms with Crippen molar-refractivity contribution in [2.24, 2.45) is 4.99 Å². The molecule has 17 heavy (non-hydrogen) atoms. The minimum absolute atomic E-state index is 0.871. The van der Waals surface area contributed by atoms with E-state index in [1.165, 1.54) is 9.88 Å². The summed E-state index contributed by atoms with van der Waals surface area (Å²) >= 11 is 1.78. The molecular formula is C12H22N4S. The van der Waals surface area contributed by atoms with Crippen LogP contribution in [-0.4, -0.2) is 31.1 Å². The summed E-state index contributed by atoms with van der Waals surface area (Å²) < 4.78 is 0. The molecule has 0 fully saturated rings. The van der Waals surface area contributed by atoms with Gasteiger partial charge in [0.15, 0.2) is 5.96 Å². The van der Waals surface area contributed by atoms with E-state index in [9.17, 15) is 0 Å². The molecule has 0 unspecified atom stereocenters. The van der Waals surface area contributed by atoms with Gasteiger partial charge in [-0.15, -0.1) is 11.3 Å². The van der Waals surface area contributed by atoms with Crippen molar-refractivity contribution in [2.75, 3.05) is 20.1 Å². The highest BCUT2D eigenvalue weighted by Crippen LogP contribution is 2.16. The van der Waals surface area contributed by atoms with Gasteiger partial charge in [0.1, 0.15) is 0 Å². The Morgan fingerprint density at radius 1 is 1.29 bits per heavy atom. The molecule has 0 aliphatic heterocycles. The van der Waals surface area contributed by atoms with Crippen molar-refractivity contribution in [1.29, 1.82) is 0 Å². The van der Waals surface area contributed by atoms with Crippen molar-refractivity contribution in [3.05, 3.63) is 15.6 Å². The van der Waals surface area contributed by atoms with Crippen molar-refractivity contribution in [3.63, 3.8) is 0 Å². The van der Waals surface area contributed by atoms with E-state index < -0.39 is 0 Å². The van der Waals surface area contributed by atoms with Crippen LogP contribution in [0.5, 0.6) is 0 Å². The van der Waals surface area contributed by atoms with Crippen LogP contribution in [0.2, 0.25) is 0 Å². The molecular weight excluding hydrogens is 232 g/mol. The van der Waals surface area contributed by atoms with Gasteiger partial charge in [-0.1, -0.05) is 6.92 Å². The van der Waals surface area contributed by atoms with Gasteiger partial charge in [-0.05, 0) is 20.3 Å². The normalized spacial score (nSPS) is 11.6. The molecule has 0 atom stereocenters. The predicted molar refractivity (Wildman–Crippen MR) is 74.9 cm³/mol. The fourth-order valence-corrected chi connectivity index (χ4v) is 2.33. The zero-order valence-corrected chi connectivity index (χ0v) is 11.9. The molecule has 0 aliphatic rings. The first-order valence-corrected chi connectivity index (χ1v) is 6.86. The van der Waals surface area contributed by atoms with Crippen LogP contribution >= 0.6 is 11.3 Å². The van der Waals surface area contributed by atoms with E-state index in [-0.39, 0.29) is 0 Å². The van der Waals surface area contributed by atoms with Gasteiger partial charge in [0.05, 0.1) is 10.7 Å². The quantitative estimate of drug-likeness (QED) is 0.623. The SMILES string of the molecule is CCCNC(=NC)NCCc1nc(C)c(C)s1. The average molecular weight is 254 g/mol. The van der Waals surface area contributed by atoms with Crippen molar-refractivity contribution < 1.29 is 0 Å². The van der Waals surface area contributed by atoms with Crippen molar-refractivity contribution in [2.45, 2.75) is 33.6 Å². The zero-order chi connectivity index (χ0) is 12.7. The lowest BCUT2D eigenvalue weighted by Gasteiger charge is -2.09. The van der Waals surface area contributed by atoms with Gasteiger partial charge in [0.25, 0.3) is 0 Å². The van der Waals surface area contributed by atoms with Crippen LogP contribution in [-0.2, 0) is 6.42 Å². The third kappa shape index (κ3) is 4.73. The molecule has 2 N–H and O–H groups in total. The third-order valence-electron chi connectivity index (χ3n) is 2.47. The summed E-state index contributed by atoms with van der Waals surface area (Å²) in [7, 11) is 1.79. The van der Waals surface area contributed by atoms with Crippen molar-refractivity contribution >= 4 is 17.3 Å². The number of nitrogens with zero attached hydrogens (tertiary/aromatic N) is 2. The Balaban J connectivity index is 2.31. The van der Waals surface area contributed by atoms with Crippen LogP contribution in [0, 0.1) is 13.8 Å². The standard InChI is InChI=1S/C12H22N4S/c1-5-7-14-12(13-4)15-8-6-11-16-9(2)10(3)17-11/h5-8H2,1-4H3,(H2,13,14,15). The molecule has 1 aromatic heterocycles. The molecule has 5 heteroatoms. The van der Waals surface area contributed by atoms with Gasteiger partial charge >= 0.3 is 0 Å². The number of hydrogen-bond acceptors (Lipinski definition) is 3. The fourth-order valence-electron chi connectivity index (χ4n) is 1.40. The molecule has 0 saturated heterocycles. The van der Waals surface area contributed by atoms with E-state index in [1.54, 1.807) is 18.4 Å². The molecule has 0 spiro atoms. The Hall–Kier alpha value is -1.10. The summed E-state index contributed by atoms with van der Waals surface area (Å²) in [5.74, 6) is 0.872. The number of aliphatic imine (C=N–C) groups is 1. The fraction of sp³-hybridized carbons (Fsp3) is 0.667. The summed E-state index contributed by atoms with van der Waals surface area (Å²) in [6.45, 7) is 8.14. The summed E-state index contributed by atoms with van der Waals surface area (Å²) in [4.78, 5) is 9.98. The van der Waals surface area contributed by atoms with Crippen molar-refractivity contribution in [3.8, 4) is 0 Å². The van der Waals surface area contributed by atoms with Gasteiger partial charge in [0, 0.05) is 31.4 Å². The molecule has 0 radical (unpaired) electrons. The Kier molecular flexibility index (Phi) is 5.97. The van der Waals surface area contributed by atoms with Crippen LogP contribution in [0.1, 0.15) is 28.9 Å². The first-order valence-electron chi connectivity index (χ1n) is 6.04. The lowest BCUT2D eigenvalue weighted by Crippen LogP contribution is -2.38. The zero-order valence-electron chi connectivity index (χ0n) is 11.1. The van der Waals surface area contributed by atoms with Crippen LogP contribution in [0.3, 0.4) is 0 Å². The van der Waals surface area contributed by atoms with E-state index in [0.717, 1.165) is 37.6 Å². The monoisotopic (exact) mass is 254 g/mol. The van der Waals surface area contributed by atoms with Crippen LogP contribution in [0.25, 0.3) is 0 Å². The minimum atomic E-state index is 0.871. The van der Waals surface area contributed by atoms with Gasteiger partial charge < -0.3 is 10.6 Å².